The Kier molecular flexibility index (Phi) is 7.54. The minimum absolute atomic E-state index is 0.00711. The molecule has 16 heteroatoms. The number of nitrogen functional groups attached to an aromatic ring is 1. The van der Waals surface area contributed by atoms with Crippen LogP contribution in [0.15, 0.2) is 53.6 Å². The molecule has 0 aliphatic rings. The molecular weight excluding hydrogens is 599 g/mol. The number of rotatable bonds is 5. The molecule has 0 amide bonds. The van der Waals surface area contributed by atoms with Crippen molar-refractivity contribution in [1.29, 1.82) is 0 Å². The van der Waals surface area contributed by atoms with E-state index < -0.39 is 55.3 Å². The van der Waals surface area contributed by atoms with Crippen LogP contribution in [0.4, 0.5) is 42.4 Å². The number of nitrogens with zero attached hydrogens (tertiary/aromatic N) is 3. The molecule has 0 aliphatic carbocycles. The molecule has 2 aromatic carbocycles. The van der Waals surface area contributed by atoms with Crippen LogP contribution in [0.25, 0.3) is 21.8 Å². The topological polar surface area (TPSA) is 111 Å². The van der Waals surface area contributed by atoms with Crippen molar-refractivity contribution in [2.75, 3.05) is 10.5 Å². The van der Waals surface area contributed by atoms with Crippen LogP contribution >= 0.6 is 11.3 Å². The van der Waals surface area contributed by atoms with Gasteiger partial charge in [0.1, 0.15) is 4.90 Å². The van der Waals surface area contributed by atoms with E-state index >= 15 is 4.39 Å². The van der Waals surface area contributed by atoms with Crippen LogP contribution < -0.4 is 10.5 Å². The Labute approximate surface area is 233 Å². The number of sulfonamides is 1. The summed E-state index contributed by atoms with van der Waals surface area (Å²) in [5.41, 5.74) is 0.955. The Hall–Kier alpha value is -3.79. The second kappa shape index (κ2) is 10.2. The minimum atomic E-state index is -5.38. The third-order valence-corrected chi connectivity index (χ3v) is 8.49. The van der Waals surface area contributed by atoms with E-state index in [9.17, 15) is 34.8 Å². The van der Waals surface area contributed by atoms with Crippen LogP contribution in [0.2, 0.25) is 0 Å². The monoisotopic (exact) mass is 619 g/mol. The molecule has 3 N–H and O–H groups in total. The van der Waals surface area contributed by atoms with Gasteiger partial charge in [-0.15, -0.1) is 11.3 Å². The standard InChI is InChI=1S/C25H20F7N5O2S2/c1-23(2,3)21-36-19(20(40-21)16-9-10-34-22(33)35-16)13-5-4-6-15(18(13)26)37-41(38,39)17-11-12(24(27,28)29)7-8-14(17)25(30,31)32/h4-11,37H,1-3H3,(H2,33,34,35). The van der Waals surface area contributed by atoms with Gasteiger partial charge < -0.3 is 5.73 Å². The van der Waals surface area contributed by atoms with Gasteiger partial charge >= 0.3 is 12.4 Å². The summed E-state index contributed by atoms with van der Waals surface area (Å²) in [6, 6.07) is 4.84. The van der Waals surface area contributed by atoms with Crippen molar-refractivity contribution in [3.63, 3.8) is 0 Å². The lowest BCUT2D eigenvalue weighted by molar-refractivity contribution is -0.143. The van der Waals surface area contributed by atoms with Gasteiger partial charge in [-0.3, -0.25) is 4.72 Å². The Morgan fingerprint density at radius 1 is 0.927 bits per heavy atom. The van der Waals surface area contributed by atoms with E-state index in [1.807, 2.05) is 20.8 Å². The van der Waals surface area contributed by atoms with Gasteiger partial charge in [-0.05, 0) is 36.4 Å². The van der Waals surface area contributed by atoms with E-state index in [-0.39, 0.29) is 41.1 Å². The smallest absolute Gasteiger partial charge is 0.368 e. The number of nitrogens with two attached hydrogens (primary N) is 1. The van der Waals surface area contributed by atoms with Crippen LogP contribution in [0.1, 0.15) is 36.9 Å². The van der Waals surface area contributed by atoms with Gasteiger partial charge in [0.15, 0.2) is 5.82 Å². The highest BCUT2D eigenvalue weighted by Gasteiger charge is 2.40. The van der Waals surface area contributed by atoms with Gasteiger partial charge in [0.2, 0.25) is 5.95 Å². The van der Waals surface area contributed by atoms with Gasteiger partial charge in [0, 0.05) is 17.2 Å². The maximum absolute atomic E-state index is 15.9. The van der Waals surface area contributed by atoms with E-state index in [1.54, 1.807) is 4.72 Å². The number of hydrogen-bond donors (Lipinski definition) is 2. The molecule has 0 spiro atoms. The highest BCUT2D eigenvalue weighted by molar-refractivity contribution is 7.92. The third-order valence-electron chi connectivity index (χ3n) is 5.58. The molecule has 0 atom stereocenters. The van der Waals surface area contributed by atoms with Gasteiger partial charge in [0.05, 0.1) is 38.1 Å². The molecule has 0 radical (unpaired) electrons. The molecule has 0 bridgehead atoms. The van der Waals surface area contributed by atoms with Crippen molar-refractivity contribution < 1.29 is 39.2 Å². The fraction of sp³-hybridized carbons (Fsp3) is 0.240. The first kappa shape index (κ1) is 30.2. The predicted molar refractivity (Wildman–Crippen MR) is 139 cm³/mol. The number of anilines is 2. The molecule has 0 saturated carbocycles. The fourth-order valence-corrected chi connectivity index (χ4v) is 6.07. The van der Waals surface area contributed by atoms with E-state index in [4.69, 9.17) is 5.73 Å². The van der Waals surface area contributed by atoms with Crippen LogP contribution in [-0.2, 0) is 27.8 Å². The molecule has 218 valence electrons. The zero-order chi connectivity index (χ0) is 30.5. The summed E-state index contributed by atoms with van der Waals surface area (Å²) < 4.78 is 124. The summed E-state index contributed by atoms with van der Waals surface area (Å²) in [5.74, 6) is -1.31. The quantitative estimate of drug-likeness (QED) is 0.230. The summed E-state index contributed by atoms with van der Waals surface area (Å²) in [6.07, 6.45) is -9.10. The van der Waals surface area contributed by atoms with Crippen LogP contribution in [0.5, 0.6) is 0 Å². The first-order chi connectivity index (χ1) is 18.8. The zero-order valence-electron chi connectivity index (χ0n) is 21.3. The van der Waals surface area contributed by atoms with E-state index in [2.05, 4.69) is 15.0 Å². The summed E-state index contributed by atoms with van der Waals surface area (Å²) in [6.45, 7) is 5.55. The summed E-state index contributed by atoms with van der Waals surface area (Å²) in [4.78, 5) is 11.1. The highest BCUT2D eigenvalue weighted by Crippen LogP contribution is 2.43. The molecular formula is C25H20F7N5O2S2. The molecule has 41 heavy (non-hydrogen) atoms. The number of nitrogens with one attached hydrogen (secondary N) is 1. The second-order valence-corrected chi connectivity index (χ2v) is 12.4. The molecule has 7 nitrogen and oxygen atoms in total. The molecule has 0 saturated heterocycles. The maximum atomic E-state index is 15.9. The largest absolute Gasteiger partial charge is 0.417 e. The first-order valence-electron chi connectivity index (χ1n) is 11.5. The van der Waals surface area contributed by atoms with E-state index in [0.29, 0.717) is 9.88 Å². The molecule has 0 aliphatic heterocycles. The molecule has 4 aromatic rings. The SMILES string of the molecule is CC(C)(C)c1nc(-c2cccc(NS(=O)(=O)c3cc(C(F)(F)F)ccc3C(F)(F)F)c2F)c(-c2ccnc(N)n2)s1. The van der Waals surface area contributed by atoms with Gasteiger partial charge in [-0.2, -0.15) is 26.3 Å². The van der Waals surface area contributed by atoms with Crippen molar-refractivity contribution in [1.82, 2.24) is 15.0 Å². The predicted octanol–water partition coefficient (Wildman–Crippen LogP) is 7.12. The summed E-state index contributed by atoms with van der Waals surface area (Å²) in [5, 5.41) is 0.545. The molecule has 4 rings (SSSR count). The van der Waals surface area contributed by atoms with Crippen LogP contribution in [0, 0.1) is 5.82 Å². The Morgan fingerprint density at radius 3 is 2.20 bits per heavy atom. The van der Waals surface area contributed by atoms with Crippen molar-refractivity contribution in [3.05, 3.63) is 70.6 Å². The number of alkyl halides is 6. The number of thiazole rings is 1. The Bertz CT molecular complexity index is 1730. The van der Waals surface area contributed by atoms with Crippen LogP contribution in [-0.4, -0.2) is 23.4 Å². The van der Waals surface area contributed by atoms with Crippen molar-refractivity contribution >= 4 is 33.0 Å². The average molecular weight is 620 g/mol. The zero-order valence-corrected chi connectivity index (χ0v) is 22.9. The number of hydrogen-bond acceptors (Lipinski definition) is 7. The normalized spacial score (nSPS) is 12.9. The van der Waals surface area contributed by atoms with Gasteiger partial charge in [-0.1, -0.05) is 26.8 Å². The number of halogens is 7. The van der Waals surface area contributed by atoms with Crippen molar-refractivity contribution in [3.8, 4) is 21.8 Å². The van der Waals surface area contributed by atoms with Crippen molar-refractivity contribution in [2.24, 2.45) is 0 Å². The molecule has 2 heterocycles. The van der Waals surface area contributed by atoms with Gasteiger partial charge in [0.25, 0.3) is 10.0 Å². The maximum Gasteiger partial charge on any atom is 0.417 e. The second-order valence-electron chi connectivity index (χ2n) is 9.73. The fourth-order valence-electron chi connectivity index (χ4n) is 3.65. The lowest BCUT2D eigenvalue weighted by Gasteiger charge is -2.17. The van der Waals surface area contributed by atoms with E-state index in [1.165, 1.54) is 24.4 Å². The average Bonchev–Trinajstić information content (AvgIpc) is 3.30. The molecule has 2 aromatic heterocycles. The van der Waals surface area contributed by atoms with Crippen molar-refractivity contribution in [2.45, 2.75) is 43.4 Å². The molecule has 0 fully saturated rings. The first-order valence-corrected chi connectivity index (χ1v) is 13.8. The molecule has 0 unspecified atom stereocenters. The Balaban J connectivity index is 1.86. The van der Waals surface area contributed by atoms with Gasteiger partial charge in [-0.25, -0.2) is 27.8 Å². The summed E-state index contributed by atoms with van der Waals surface area (Å²) >= 11 is 1.16. The van der Waals surface area contributed by atoms with E-state index in [0.717, 1.165) is 17.4 Å². The third kappa shape index (κ3) is 6.27. The van der Waals surface area contributed by atoms with Crippen LogP contribution in [0.3, 0.4) is 0 Å². The highest BCUT2D eigenvalue weighted by atomic mass is 32.2. The minimum Gasteiger partial charge on any atom is -0.368 e. The summed E-state index contributed by atoms with van der Waals surface area (Å²) in [7, 11) is -5.38. The number of benzene rings is 2. The number of aromatic nitrogens is 3. The Morgan fingerprint density at radius 2 is 1.61 bits per heavy atom. The lowest BCUT2D eigenvalue weighted by Crippen LogP contribution is -2.21. The lowest BCUT2D eigenvalue weighted by atomic mass is 9.98.